The van der Waals surface area contributed by atoms with E-state index in [0.717, 1.165) is 55.9 Å². The SMILES string of the molecule is CC1(C)c2cc(N(c3ccc4c(c3)C(C)(C)c3c5c(c6oc7ccccc7c6c3-4)-c3ccccc3C5(C)C)c3cccc4ccccc34)ccc2-c2c1cc(-c1ccccc1-c1ccccc1)c1oc3ccccc3c21. The lowest BCUT2D eigenvalue weighted by atomic mass is 9.72. The highest BCUT2D eigenvalue weighted by molar-refractivity contribution is 6.22. The number of nitrogens with zero attached hydrogens (tertiary/aromatic N) is 1. The van der Waals surface area contributed by atoms with Crippen molar-refractivity contribution >= 4 is 71.7 Å². The van der Waals surface area contributed by atoms with Gasteiger partial charge in [0.25, 0.3) is 0 Å². The molecule has 2 aromatic heterocycles. The molecule has 3 aliphatic carbocycles. The molecule has 0 fully saturated rings. The van der Waals surface area contributed by atoms with Gasteiger partial charge in [-0.05, 0) is 132 Å². The van der Waals surface area contributed by atoms with E-state index in [2.05, 4.69) is 259 Å². The van der Waals surface area contributed by atoms with Crippen molar-refractivity contribution < 1.29 is 8.83 Å². The van der Waals surface area contributed by atoms with Crippen molar-refractivity contribution in [2.75, 3.05) is 4.90 Å². The fourth-order valence-corrected chi connectivity index (χ4v) is 14.5. The van der Waals surface area contributed by atoms with E-state index in [9.17, 15) is 0 Å². The number of fused-ring (bicyclic) bond motifs is 20. The second-order valence-corrected chi connectivity index (χ2v) is 23.1. The molecule has 0 N–H and O–H groups in total. The van der Waals surface area contributed by atoms with Gasteiger partial charge >= 0.3 is 0 Å². The summed E-state index contributed by atoms with van der Waals surface area (Å²) >= 11 is 0. The molecule has 0 bridgehead atoms. The van der Waals surface area contributed by atoms with Crippen LogP contribution in [-0.2, 0) is 16.2 Å². The van der Waals surface area contributed by atoms with E-state index >= 15 is 0 Å². The van der Waals surface area contributed by atoms with E-state index in [1.807, 2.05) is 0 Å². The highest BCUT2D eigenvalue weighted by Crippen LogP contribution is 2.64. The van der Waals surface area contributed by atoms with Crippen LogP contribution in [0.1, 0.15) is 74.9 Å². The summed E-state index contributed by atoms with van der Waals surface area (Å²) in [5.74, 6) is 0. The van der Waals surface area contributed by atoms with Crippen molar-refractivity contribution in [2.24, 2.45) is 0 Å². The van der Waals surface area contributed by atoms with Gasteiger partial charge in [0.05, 0.1) is 5.69 Å². The fourth-order valence-electron chi connectivity index (χ4n) is 14.5. The summed E-state index contributed by atoms with van der Waals surface area (Å²) in [7, 11) is 0. The summed E-state index contributed by atoms with van der Waals surface area (Å²) in [5, 5.41) is 7.10. The minimum atomic E-state index is -0.362. The van der Waals surface area contributed by atoms with Gasteiger partial charge in [0, 0.05) is 65.7 Å². The van der Waals surface area contributed by atoms with Crippen molar-refractivity contribution in [2.45, 2.75) is 57.8 Å². The lowest BCUT2D eigenvalue weighted by Crippen LogP contribution is -2.24. The standard InChI is InChI=1S/C73H53NO2/c1-71(2)56-39-44(35-37-50(56)62-58(71)41-54(69-64(62)52-29-15-18-33-60(52)75-69)48-27-13-12-25-46(48)42-21-8-7-9-22-42)74(59-32-20-24-43-23-10-11-26-47(43)59)45-36-38-51-57(40-45)73(5,6)67-63(51)65-53-30-16-19-34-61(53)76-70(65)66-49-28-14-17-31-55(49)72(3,4)68(66)67/h7-41H,1-6H3. The summed E-state index contributed by atoms with van der Waals surface area (Å²) in [6.07, 6.45) is 0. The Kier molecular flexibility index (Phi) is 8.65. The Morgan fingerprint density at radius 1 is 0.329 bits per heavy atom. The van der Waals surface area contributed by atoms with Crippen LogP contribution in [0.15, 0.2) is 221 Å². The molecular formula is C73H53NO2. The first kappa shape index (κ1) is 43.5. The Balaban J connectivity index is 0.925. The van der Waals surface area contributed by atoms with Crippen molar-refractivity contribution in [3.05, 3.63) is 246 Å². The summed E-state index contributed by atoms with van der Waals surface area (Å²) in [6.45, 7) is 14.6. The normalized spacial score (nSPS) is 15.0. The predicted octanol–water partition coefficient (Wildman–Crippen LogP) is 20.4. The number of para-hydroxylation sites is 2. The molecule has 0 radical (unpaired) electrons. The molecule has 76 heavy (non-hydrogen) atoms. The maximum atomic E-state index is 7.03. The summed E-state index contributed by atoms with van der Waals surface area (Å²) in [6, 6.07) is 78.3. The predicted molar refractivity (Wildman–Crippen MR) is 317 cm³/mol. The van der Waals surface area contributed by atoms with Gasteiger partial charge in [0.15, 0.2) is 0 Å². The Labute approximate surface area is 442 Å². The minimum absolute atomic E-state index is 0.241. The zero-order valence-electron chi connectivity index (χ0n) is 43.5. The van der Waals surface area contributed by atoms with E-state index in [0.29, 0.717) is 0 Å². The molecule has 0 saturated heterocycles. The van der Waals surface area contributed by atoms with Crippen LogP contribution in [0, 0.1) is 0 Å². The lowest BCUT2D eigenvalue weighted by molar-refractivity contribution is 0.600. The van der Waals surface area contributed by atoms with Gasteiger partial charge in [-0.1, -0.05) is 205 Å². The van der Waals surface area contributed by atoms with Gasteiger partial charge < -0.3 is 13.7 Å². The molecule has 0 saturated carbocycles. The second-order valence-electron chi connectivity index (χ2n) is 23.1. The van der Waals surface area contributed by atoms with E-state index < -0.39 is 0 Å². The fraction of sp³-hybridized carbons (Fsp3) is 0.123. The van der Waals surface area contributed by atoms with Crippen LogP contribution in [0.25, 0.3) is 110 Å². The third kappa shape index (κ3) is 5.62. The number of furan rings is 2. The van der Waals surface area contributed by atoms with Crippen LogP contribution in [0.2, 0.25) is 0 Å². The first-order valence-corrected chi connectivity index (χ1v) is 26.8. The van der Waals surface area contributed by atoms with Crippen molar-refractivity contribution in [1.29, 1.82) is 0 Å². The number of rotatable bonds is 5. The average molecular weight is 976 g/mol. The van der Waals surface area contributed by atoms with Gasteiger partial charge in [0.2, 0.25) is 0 Å². The van der Waals surface area contributed by atoms with Crippen LogP contribution >= 0.6 is 0 Å². The van der Waals surface area contributed by atoms with Gasteiger partial charge in [-0.2, -0.15) is 0 Å². The minimum Gasteiger partial charge on any atom is -0.455 e. The molecule has 2 heterocycles. The van der Waals surface area contributed by atoms with Crippen LogP contribution < -0.4 is 4.90 Å². The molecule has 16 rings (SSSR count). The van der Waals surface area contributed by atoms with E-state index in [4.69, 9.17) is 8.83 Å². The zero-order chi connectivity index (χ0) is 51.0. The Morgan fingerprint density at radius 2 is 0.842 bits per heavy atom. The Bertz CT molecular complexity index is 4670. The number of hydrogen-bond acceptors (Lipinski definition) is 3. The lowest BCUT2D eigenvalue weighted by Gasteiger charge is -2.32. The van der Waals surface area contributed by atoms with Gasteiger partial charge in [-0.25, -0.2) is 0 Å². The van der Waals surface area contributed by atoms with Crippen molar-refractivity contribution in [3.63, 3.8) is 0 Å². The molecule has 0 unspecified atom stereocenters. The number of benzene rings is 11. The zero-order valence-corrected chi connectivity index (χ0v) is 43.5. The molecule has 11 aromatic carbocycles. The number of anilines is 3. The Hall–Kier alpha value is -8.92. The van der Waals surface area contributed by atoms with Crippen LogP contribution in [0.5, 0.6) is 0 Å². The first-order valence-electron chi connectivity index (χ1n) is 26.8. The summed E-state index contributed by atoms with van der Waals surface area (Å²) in [5.41, 5.74) is 26.5. The van der Waals surface area contributed by atoms with E-state index in [-0.39, 0.29) is 16.2 Å². The third-order valence-corrected chi connectivity index (χ3v) is 18.0. The van der Waals surface area contributed by atoms with Crippen LogP contribution in [0.4, 0.5) is 17.1 Å². The van der Waals surface area contributed by atoms with Gasteiger partial charge in [0.1, 0.15) is 22.3 Å². The van der Waals surface area contributed by atoms with Crippen molar-refractivity contribution in [3.8, 4) is 55.6 Å². The molecular weight excluding hydrogens is 923 g/mol. The summed E-state index contributed by atoms with van der Waals surface area (Å²) < 4.78 is 14.0. The van der Waals surface area contributed by atoms with Gasteiger partial charge in [-0.15, -0.1) is 0 Å². The Morgan fingerprint density at radius 3 is 1.57 bits per heavy atom. The first-order chi connectivity index (χ1) is 37.0. The molecule has 13 aromatic rings. The second kappa shape index (κ2) is 15.1. The van der Waals surface area contributed by atoms with Gasteiger partial charge in [-0.3, -0.25) is 0 Å². The molecule has 0 spiro atoms. The third-order valence-electron chi connectivity index (χ3n) is 18.0. The maximum absolute atomic E-state index is 7.03. The maximum Gasteiger partial charge on any atom is 0.144 e. The smallest absolute Gasteiger partial charge is 0.144 e. The molecule has 362 valence electrons. The van der Waals surface area contributed by atoms with Crippen LogP contribution in [-0.4, -0.2) is 0 Å². The van der Waals surface area contributed by atoms with E-state index in [1.54, 1.807) is 0 Å². The monoisotopic (exact) mass is 975 g/mol. The van der Waals surface area contributed by atoms with Crippen LogP contribution in [0.3, 0.4) is 0 Å². The molecule has 0 aliphatic heterocycles. The van der Waals surface area contributed by atoms with E-state index in [1.165, 1.54) is 105 Å². The number of hydrogen-bond donors (Lipinski definition) is 0. The largest absolute Gasteiger partial charge is 0.455 e. The summed E-state index contributed by atoms with van der Waals surface area (Å²) in [4.78, 5) is 2.53. The molecule has 0 atom stereocenters. The average Bonchev–Trinajstić information content (AvgIpc) is 4.21. The molecule has 3 aliphatic rings. The topological polar surface area (TPSA) is 29.5 Å². The molecule has 0 amide bonds. The quantitative estimate of drug-likeness (QED) is 0.172. The highest BCUT2D eigenvalue weighted by Gasteiger charge is 2.49. The van der Waals surface area contributed by atoms with Crippen molar-refractivity contribution in [1.82, 2.24) is 0 Å². The highest BCUT2D eigenvalue weighted by atomic mass is 16.3. The molecule has 3 heteroatoms. The molecule has 3 nitrogen and oxygen atoms in total.